The summed E-state index contributed by atoms with van der Waals surface area (Å²) in [5, 5.41) is 0. The predicted molar refractivity (Wildman–Crippen MR) is 42.2 cm³/mol. The molecule has 0 saturated heterocycles. The van der Waals surface area contributed by atoms with Gasteiger partial charge in [0.15, 0.2) is 17.6 Å². The second-order valence-corrected chi connectivity index (χ2v) is 2.63. The molecule has 0 saturated carbocycles. The maximum atomic E-state index is 10.6. The molecular weight excluding hydrogens is 176 g/mol. The Labute approximate surface area is 74.3 Å². The van der Waals surface area contributed by atoms with Gasteiger partial charge in [-0.2, -0.15) is 0 Å². The van der Waals surface area contributed by atoms with Gasteiger partial charge in [0.2, 0.25) is 0 Å². The standard InChI is InChI=1S/C8H10O5/c1-4(11-6(3)9)7-5(2)12-8(10)13-7/h4H,1-3H3. The molecule has 1 aromatic heterocycles. The van der Waals surface area contributed by atoms with Crippen LogP contribution in [0.1, 0.15) is 31.5 Å². The first-order valence-corrected chi connectivity index (χ1v) is 3.78. The summed E-state index contributed by atoms with van der Waals surface area (Å²) in [4.78, 5) is 21.2. The van der Waals surface area contributed by atoms with Crippen LogP contribution in [0, 0.1) is 6.92 Å². The van der Waals surface area contributed by atoms with E-state index in [9.17, 15) is 9.59 Å². The summed E-state index contributed by atoms with van der Waals surface area (Å²) >= 11 is 0. The van der Waals surface area contributed by atoms with Gasteiger partial charge in [-0.05, 0) is 13.8 Å². The zero-order chi connectivity index (χ0) is 10.0. The van der Waals surface area contributed by atoms with E-state index in [-0.39, 0.29) is 5.76 Å². The summed E-state index contributed by atoms with van der Waals surface area (Å²) < 4.78 is 14.1. The van der Waals surface area contributed by atoms with Crippen molar-refractivity contribution < 1.29 is 18.4 Å². The number of esters is 1. The smallest absolute Gasteiger partial charge is 0.455 e. The van der Waals surface area contributed by atoms with Crippen molar-refractivity contribution in [2.24, 2.45) is 0 Å². The average Bonchev–Trinajstić information content (AvgIpc) is 2.28. The van der Waals surface area contributed by atoms with Crippen LogP contribution in [0.5, 0.6) is 0 Å². The SMILES string of the molecule is CC(=O)OC(C)c1oc(=O)oc1C. The fraction of sp³-hybridized carbons (Fsp3) is 0.500. The van der Waals surface area contributed by atoms with Gasteiger partial charge in [-0.15, -0.1) is 0 Å². The van der Waals surface area contributed by atoms with E-state index >= 15 is 0 Å². The highest BCUT2D eigenvalue weighted by atomic mass is 16.6. The first-order valence-electron chi connectivity index (χ1n) is 3.78. The Kier molecular flexibility index (Phi) is 2.55. The van der Waals surface area contributed by atoms with E-state index in [1.165, 1.54) is 6.92 Å². The number of carbonyl (C=O) groups is 1. The van der Waals surface area contributed by atoms with Crippen LogP contribution in [0.4, 0.5) is 0 Å². The maximum Gasteiger partial charge on any atom is 0.519 e. The number of carbonyl (C=O) groups excluding carboxylic acids is 1. The minimum atomic E-state index is -0.786. The van der Waals surface area contributed by atoms with E-state index < -0.39 is 17.9 Å². The Morgan fingerprint density at radius 1 is 1.46 bits per heavy atom. The van der Waals surface area contributed by atoms with Crippen molar-refractivity contribution in [1.82, 2.24) is 0 Å². The summed E-state index contributed by atoms with van der Waals surface area (Å²) in [6.45, 7) is 4.45. The summed E-state index contributed by atoms with van der Waals surface area (Å²) in [6, 6.07) is 0. The van der Waals surface area contributed by atoms with E-state index in [0.717, 1.165) is 0 Å². The van der Waals surface area contributed by atoms with Crippen LogP contribution in [0.25, 0.3) is 0 Å². The molecule has 1 heterocycles. The van der Waals surface area contributed by atoms with E-state index in [2.05, 4.69) is 8.83 Å². The second kappa shape index (κ2) is 3.47. The molecule has 0 spiro atoms. The summed E-state index contributed by atoms with van der Waals surface area (Å²) in [5.41, 5.74) is 0. The lowest BCUT2D eigenvalue weighted by molar-refractivity contribution is -0.146. The molecule has 1 atom stereocenters. The van der Waals surface area contributed by atoms with Gasteiger partial charge < -0.3 is 13.6 Å². The molecule has 1 rings (SSSR count). The molecule has 0 aliphatic carbocycles. The van der Waals surface area contributed by atoms with Gasteiger partial charge in [-0.1, -0.05) is 0 Å². The van der Waals surface area contributed by atoms with E-state index in [1.807, 2.05) is 0 Å². The van der Waals surface area contributed by atoms with Crippen molar-refractivity contribution in [2.75, 3.05) is 0 Å². The van der Waals surface area contributed by atoms with Crippen LogP contribution in [-0.4, -0.2) is 5.97 Å². The molecular formula is C8H10O5. The van der Waals surface area contributed by atoms with Crippen molar-refractivity contribution >= 4 is 5.97 Å². The van der Waals surface area contributed by atoms with E-state index in [0.29, 0.717) is 5.76 Å². The van der Waals surface area contributed by atoms with Crippen LogP contribution in [0.15, 0.2) is 13.6 Å². The fourth-order valence-electron chi connectivity index (χ4n) is 1.03. The number of hydrogen-bond acceptors (Lipinski definition) is 5. The highest BCUT2D eigenvalue weighted by Gasteiger charge is 2.18. The van der Waals surface area contributed by atoms with Crippen LogP contribution < -0.4 is 5.82 Å². The quantitative estimate of drug-likeness (QED) is 0.648. The van der Waals surface area contributed by atoms with Gasteiger partial charge in [-0.3, -0.25) is 4.79 Å². The van der Waals surface area contributed by atoms with Gasteiger partial charge in [0, 0.05) is 6.92 Å². The van der Waals surface area contributed by atoms with Crippen molar-refractivity contribution in [2.45, 2.75) is 26.9 Å². The lowest BCUT2D eigenvalue weighted by Gasteiger charge is -2.07. The van der Waals surface area contributed by atoms with Crippen molar-refractivity contribution in [3.8, 4) is 0 Å². The van der Waals surface area contributed by atoms with E-state index in [1.54, 1.807) is 13.8 Å². The summed E-state index contributed by atoms with van der Waals surface area (Å²) in [7, 11) is 0. The summed E-state index contributed by atoms with van der Waals surface area (Å²) in [6.07, 6.45) is -0.594. The molecule has 1 aromatic rings. The van der Waals surface area contributed by atoms with Crippen molar-refractivity contribution in [3.05, 3.63) is 22.1 Å². The normalized spacial score (nSPS) is 12.5. The third-order valence-corrected chi connectivity index (χ3v) is 1.49. The minimum absolute atomic E-state index is 0.250. The first-order chi connectivity index (χ1) is 6.00. The van der Waals surface area contributed by atoms with Crippen molar-refractivity contribution in [3.63, 3.8) is 0 Å². The van der Waals surface area contributed by atoms with Gasteiger partial charge in [-0.25, -0.2) is 4.79 Å². The Balaban J connectivity index is 2.88. The molecule has 0 amide bonds. The van der Waals surface area contributed by atoms with E-state index in [4.69, 9.17) is 4.74 Å². The molecule has 0 bridgehead atoms. The summed E-state index contributed by atoms with van der Waals surface area (Å²) in [5.74, 6) is -0.638. The molecule has 5 nitrogen and oxygen atoms in total. The maximum absolute atomic E-state index is 10.6. The highest BCUT2D eigenvalue weighted by molar-refractivity contribution is 5.66. The van der Waals surface area contributed by atoms with Gasteiger partial charge in [0.25, 0.3) is 0 Å². The largest absolute Gasteiger partial charge is 0.519 e. The predicted octanol–water partition coefficient (Wildman–Crippen LogP) is 1.17. The molecule has 1 unspecified atom stereocenters. The molecule has 0 aliphatic rings. The van der Waals surface area contributed by atoms with Gasteiger partial charge >= 0.3 is 11.8 Å². The third-order valence-electron chi connectivity index (χ3n) is 1.49. The number of ether oxygens (including phenoxy) is 1. The molecule has 0 radical (unpaired) electrons. The monoisotopic (exact) mass is 186 g/mol. The number of hydrogen-bond donors (Lipinski definition) is 0. The number of aryl methyl sites for hydroxylation is 1. The zero-order valence-corrected chi connectivity index (χ0v) is 7.62. The molecule has 0 fully saturated rings. The molecule has 72 valence electrons. The molecule has 0 aromatic carbocycles. The molecule has 13 heavy (non-hydrogen) atoms. The molecule has 0 aliphatic heterocycles. The average molecular weight is 186 g/mol. The highest BCUT2D eigenvalue weighted by Crippen LogP contribution is 2.19. The Bertz CT molecular complexity index is 359. The van der Waals surface area contributed by atoms with Crippen LogP contribution >= 0.6 is 0 Å². The Hall–Kier alpha value is -1.52. The van der Waals surface area contributed by atoms with Crippen molar-refractivity contribution in [1.29, 1.82) is 0 Å². The van der Waals surface area contributed by atoms with Crippen LogP contribution in [0.2, 0.25) is 0 Å². The topological polar surface area (TPSA) is 69.7 Å². The lowest BCUT2D eigenvalue weighted by Crippen LogP contribution is -2.05. The lowest BCUT2D eigenvalue weighted by atomic mass is 10.3. The second-order valence-electron chi connectivity index (χ2n) is 2.63. The Morgan fingerprint density at radius 2 is 2.08 bits per heavy atom. The molecule has 5 heteroatoms. The van der Waals surface area contributed by atoms with Gasteiger partial charge in [0.1, 0.15) is 0 Å². The van der Waals surface area contributed by atoms with Crippen LogP contribution in [0.3, 0.4) is 0 Å². The first kappa shape index (κ1) is 9.57. The minimum Gasteiger partial charge on any atom is -0.455 e. The third kappa shape index (κ3) is 2.21. The van der Waals surface area contributed by atoms with Crippen LogP contribution in [-0.2, 0) is 9.53 Å². The fourth-order valence-corrected chi connectivity index (χ4v) is 1.03. The number of rotatable bonds is 2. The molecule has 0 N–H and O–H groups in total. The zero-order valence-electron chi connectivity index (χ0n) is 7.62. The van der Waals surface area contributed by atoms with Gasteiger partial charge in [0.05, 0.1) is 0 Å². The Morgan fingerprint density at radius 3 is 2.46 bits per heavy atom.